The van der Waals surface area contributed by atoms with E-state index in [0.717, 1.165) is 50.5 Å². The molecule has 1 rings (SSSR count). The second kappa shape index (κ2) is 39.0. The van der Waals surface area contributed by atoms with Crippen molar-refractivity contribution in [3.8, 4) is 0 Å². The first-order valence-electron chi connectivity index (χ1n) is 23.5. The van der Waals surface area contributed by atoms with E-state index in [1.165, 1.54) is 217 Å². The number of benzene rings is 1. The van der Waals surface area contributed by atoms with Gasteiger partial charge in [0.25, 0.3) is 0 Å². The van der Waals surface area contributed by atoms with E-state index in [2.05, 4.69) is 20.8 Å². The van der Waals surface area contributed by atoms with Gasteiger partial charge in [-0.25, -0.2) is 8.42 Å². The SMILES string of the molecule is CCCCCCCCCCCCCCc1ccc(S(=O)(=O)[O-])c(CCCCCCCCCCCCCC)c1CCCCCCCCCCCCCC.[Na+]. The zero-order valence-electron chi connectivity index (χ0n) is 36.4. The summed E-state index contributed by atoms with van der Waals surface area (Å²) in [5.41, 5.74) is 3.41. The molecule has 53 heavy (non-hydrogen) atoms. The molecule has 1 aromatic carbocycles. The zero-order valence-corrected chi connectivity index (χ0v) is 39.2. The molecule has 0 radical (unpaired) electrons. The van der Waals surface area contributed by atoms with Crippen molar-refractivity contribution >= 4 is 10.1 Å². The Morgan fingerprint density at radius 1 is 0.358 bits per heavy atom. The van der Waals surface area contributed by atoms with Crippen molar-refractivity contribution in [2.75, 3.05) is 0 Å². The van der Waals surface area contributed by atoms with Crippen molar-refractivity contribution in [2.45, 2.75) is 276 Å². The van der Waals surface area contributed by atoms with Gasteiger partial charge in [-0.2, -0.15) is 0 Å². The maximum atomic E-state index is 12.5. The third-order valence-corrected chi connectivity index (χ3v) is 12.5. The van der Waals surface area contributed by atoms with Crippen LogP contribution in [-0.4, -0.2) is 13.0 Å². The fourth-order valence-corrected chi connectivity index (χ4v) is 8.98. The van der Waals surface area contributed by atoms with Gasteiger partial charge in [-0.15, -0.1) is 0 Å². The summed E-state index contributed by atoms with van der Waals surface area (Å²) in [5.74, 6) is 0. The molecule has 0 bridgehead atoms. The second-order valence-electron chi connectivity index (χ2n) is 16.6. The molecule has 0 N–H and O–H groups in total. The van der Waals surface area contributed by atoms with E-state index in [4.69, 9.17) is 0 Å². The van der Waals surface area contributed by atoms with Crippen LogP contribution in [-0.2, 0) is 29.4 Å². The average Bonchev–Trinajstić information content (AvgIpc) is 3.13. The smallest absolute Gasteiger partial charge is 0.744 e. The van der Waals surface area contributed by atoms with Crippen molar-refractivity contribution in [1.29, 1.82) is 0 Å². The number of hydrogen-bond donors (Lipinski definition) is 0. The van der Waals surface area contributed by atoms with Crippen LogP contribution in [0.5, 0.6) is 0 Å². The van der Waals surface area contributed by atoms with Crippen LogP contribution in [0.3, 0.4) is 0 Å². The molecule has 0 spiro atoms. The first-order chi connectivity index (χ1) is 25.5. The predicted molar refractivity (Wildman–Crippen MR) is 229 cm³/mol. The van der Waals surface area contributed by atoms with Crippen LogP contribution >= 0.6 is 0 Å². The van der Waals surface area contributed by atoms with Gasteiger partial charge in [-0.1, -0.05) is 239 Å². The van der Waals surface area contributed by atoms with Crippen LogP contribution < -0.4 is 29.6 Å². The van der Waals surface area contributed by atoms with E-state index < -0.39 is 10.1 Å². The van der Waals surface area contributed by atoms with E-state index in [0.29, 0.717) is 0 Å². The third-order valence-electron chi connectivity index (χ3n) is 11.6. The number of aryl methyl sites for hydroxylation is 1. The monoisotopic (exact) mass is 769 g/mol. The normalized spacial score (nSPS) is 11.7. The van der Waals surface area contributed by atoms with E-state index in [-0.39, 0.29) is 34.5 Å². The molecule has 0 aromatic heterocycles. The molecule has 0 saturated heterocycles. The number of rotatable bonds is 40. The zero-order chi connectivity index (χ0) is 37.8. The van der Waals surface area contributed by atoms with E-state index in [1.807, 2.05) is 6.07 Å². The van der Waals surface area contributed by atoms with Crippen molar-refractivity contribution in [2.24, 2.45) is 0 Å². The van der Waals surface area contributed by atoms with Crippen LogP contribution in [0.1, 0.15) is 269 Å². The molecule has 0 atom stereocenters. The summed E-state index contributed by atoms with van der Waals surface area (Å²) in [7, 11) is -4.49. The minimum absolute atomic E-state index is 0. The van der Waals surface area contributed by atoms with Crippen LogP contribution in [0.4, 0.5) is 0 Å². The fourth-order valence-electron chi connectivity index (χ4n) is 8.22. The Morgan fingerprint density at radius 2 is 0.604 bits per heavy atom. The Hall–Kier alpha value is 0.130. The minimum Gasteiger partial charge on any atom is -0.744 e. The van der Waals surface area contributed by atoms with Crippen LogP contribution in [0.25, 0.3) is 0 Å². The molecule has 3 nitrogen and oxygen atoms in total. The Labute approximate surface area is 355 Å². The molecule has 0 amide bonds. The summed E-state index contributed by atoms with van der Waals surface area (Å²) in [6, 6.07) is 3.67. The Bertz CT molecular complexity index is 1020. The van der Waals surface area contributed by atoms with Gasteiger partial charge in [0.15, 0.2) is 0 Å². The fraction of sp³-hybridized carbons (Fsp3) is 0.875. The van der Waals surface area contributed by atoms with Gasteiger partial charge in [0.05, 0.1) is 4.90 Å². The van der Waals surface area contributed by atoms with Gasteiger partial charge in [-0.3, -0.25) is 0 Å². The van der Waals surface area contributed by atoms with Crippen molar-refractivity contribution < 1.29 is 42.5 Å². The molecular weight excluding hydrogens is 680 g/mol. The van der Waals surface area contributed by atoms with Crippen molar-refractivity contribution in [3.05, 3.63) is 28.8 Å². The predicted octanol–water partition coefficient (Wildman–Crippen LogP) is 13.3. The largest absolute Gasteiger partial charge is 1.00 e. The van der Waals surface area contributed by atoms with Gasteiger partial charge in [0.1, 0.15) is 10.1 Å². The second-order valence-corrected chi connectivity index (χ2v) is 17.9. The van der Waals surface area contributed by atoms with Gasteiger partial charge in [0, 0.05) is 0 Å². The molecule has 5 heteroatoms. The average molecular weight is 769 g/mol. The van der Waals surface area contributed by atoms with Crippen LogP contribution in [0.2, 0.25) is 0 Å². The first-order valence-corrected chi connectivity index (χ1v) is 25.0. The van der Waals surface area contributed by atoms with E-state index in [9.17, 15) is 13.0 Å². The topological polar surface area (TPSA) is 57.2 Å². The summed E-state index contributed by atoms with van der Waals surface area (Å²) < 4.78 is 37.6. The molecule has 306 valence electrons. The first kappa shape index (κ1) is 53.1. The maximum Gasteiger partial charge on any atom is 1.00 e. The quantitative estimate of drug-likeness (QED) is 0.0379. The summed E-state index contributed by atoms with van der Waals surface area (Å²) in [6.07, 6.45) is 50.0. The molecule has 0 saturated carbocycles. The Kier molecular flexibility index (Phi) is 39.1. The third kappa shape index (κ3) is 30.9. The standard InChI is InChI=1S/C48H90O3S.Na/c1-4-7-10-13-16-19-22-25-28-31-34-37-40-45-43-44-48(52(49,50)51)47(42-39-36-33-30-27-24-21-18-15-12-9-6-3)46(45)41-38-35-32-29-26-23-20-17-14-11-8-5-2;/h43-44H,4-42H2,1-3H3,(H,49,50,51);/q;+1/p-1. The van der Waals surface area contributed by atoms with E-state index in [1.54, 1.807) is 6.07 Å². The minimum atomic E-state index is -4.49. The molecular formula is C48H89NaO3S. The molecule has 0 heterocycles. The summed E-state index contributed by atoms with van der Waals surface area (Å²) in [4.78, 5) is 0.0722. The Balaban J connectivity index is 0.0000270. The molecule has 0 unspecified atom stereocenters. The maximum absolute atomic E-state index is 12.5. The summed E-state index contributed by atoms with van der Waals surface area (Å²) in [5, 5.41) is 0. The number of unbranched alkanes of at least 4 members (excludes halogenated alkanes) is 33. The van der Waals surface area contributed by atoms with Gasteiger partial charge in [0.2, 0.25) is 0 Å². The molecule has 0 aliphatic rings. The van der Waals surface area contributed by atoms with E-state index >= 15 is 0 Å². The van der Waals surface area contributed by atoms with Crippen molar-refractivity contribution in [1.82, 2.24) is 0 Å². The van der Waals surface area contributed by atoms with Crippen LogP contribution in [0.15, 0.2) is 17.0 Å². The Morgan fingerprint density at radius 3 is 0.887 bits per heavy atom. The number of hydrogen-bond acceptors (Lipinski definition) is 3. The molecule has 1 aromatic rings. The summed E-state index contributed by atoms with van der Waals surface area (Å²) in [6.45, 7) is 6.84. The van der Waals surface area contributed by atoms with Gasteiger partial charge >= 0.3 is 29.6 Å². The molecule has 0 aliphatic carbocycles. The molecule has 0 fully saturated rings. The molecule has 0 aliphatic heterocycles. The van der Waals surface area contributed by atoms with Gasteiger partial charge < -0.3 is 4.55 Å². The van der Waals surface area contributed by atoms with Crippen molar-refractivity contribution in [3.63, 3.8) is 0 Å². The van der Waals surface area contributed by atoms with Gasteiger partial charge in [-0.05, 0) is 61.3 Å². The summed E-state index contributed by atoms with van der Waals surface area (Å²) >= 11 is 0. The van der Waals surface area contributed by atoms with Crippen LogP contribution in [0, 0.1) is 0 Å².